The molecule has 0 aliphatic carbocycles. The zero-order valence-corrected chi connectivity index (χ0v) is 13.2. The van der Waals surface area contributed by atoms with E-state index in [2.05, 4.69) is 21.2 Å². The van der Waals surface area contributed by atoms with Gasteiger partial charge in [-0.25, -0.2) is 0 Å². The van der Waals surface area contributed by atoms with E-state index in [1.54, 1.807) is 24.3 Å². The second kappa shape index (κ2) is 6.19. The number of ether oxygens (including phenoxy) is 1. The van der Waals surface area contributed by atoms with Crippen LogP contribution in [0.25, 0.3) is 0 Å². The van der Waals surface area contributed by atoms with Crippen LogP contribution in [0, 0.1) is 0 Å². The van der Waals surface area contributed by atoms with Gasteiger partial charge in [0.2, 0.25) is 5.91 Å². The topological polar surface area (TPSA) is 58.6 Å². The third-order valence-electron chi connectivity index (χ3n) is 3.22. The molecule has 0 unspecified atom stereocenters. The summed E-state index contributed by atoms with van der Waals surface area (Å²) in [7, 11) is 0. The molecule has 0 saturated carbocycles. The van der Waals surface area contributed by atoms with E-state index < -0.39 is 0 Å². The maximum absolute atomic E-state index is 12.1. The molecular formula is C16H13BrN2O3. The molecule has 3 rings (SSSR count). The van der Waals surface area contributed by atoms with Gasteiger partial charge in [0.05, 0.1) is 5.69 Å². The summed E-state index contributed by atoms with van der Waals surface area (Å²) in [5.41, 5.74) is 1.30. The van der Waals surface area contributed by atoms with Gasteiger partial charge in [-0.05, 0) is 30.3 Å². The molecule has 2 amide bonds. The van der Waals surface area contributed by atoms with Crippen LogP contribution >= 0.6 is 15.9 Å². The predicted molar refractivity (Wildman–Crippen MR) is 87.1 cm³/mol. The molecule has 0 radical (unpaired) electrons. The van der Waals surface area contributed by atoms with Crippen molar-refractivity contribution in [3.05, 3.63) is 53.0 Å². The lowest BCUT2D eigenvalue weighted by Gasteiger charge is -2.29. The van der Waals surface area contributed by atoms with E-state index in [4.69, 9.17) is 4.74 Å². The molecule has 112 valence electrons. The fourth-order valence-corrected chi connectivity index (χ4v) is 2.56. The molecule has 1 aliphatic heterocycles. The summed E-state index contributed by atoms with van der Waals surface area (Å²) in [6.45, 7) is -0.117. The standard InChI is InChI=1S/C16H13BrN2O3/c17-11-6-7-13-14(8-11)22-10-16(21)19(13)9-15(20)18-12-4-2-1-3-5-12/h1-8H,9-10H2,(H,18,20). The fraction of sp³-hybridized carbons (Fsp3) is 0.125. The normalized spacial score (nSPS) is 13.3. The van der Waals surface area contributed by atoms with Crippen LogP contribution in [-0.4, -0.2) is 25.0 Å². The average Bonchev–Trinajstić information content (AvgIpc) is 2.51. The number of rotatable bonds is 3. The Hall–Kier alpha value is -2.34. The van der Waals surface area contributed by atoms with Crippen molar-refractivity contribution in [3.8, 4) is 5.75 Å². The number of carbonyl (C=O) groups is 2. The fourth-order valence-electron chi connectivity index (χ4n) is 2.22. The highest BCUT2D eigenvalue weighted by molar-refractivity contribution is 9.10. The summed E-state index contributed by atoms with van der Waals surface area (Å²) in [5.74, 6) is 0.0924. The monoisotopic (exact) mass is 360 g/mol. The molecule has 0 atom stereocenters. The van der Waals surface area contributed by atoms with Gasteiger partial charge in [-0.1, -0.05) is 34.1 Å². The number of carbonyl (C=O) groups excluding carboxylic acids is 2. The summed E-state index contributed by atoms with van der Waals surface area (Å²) in [4.78, 5) is 25.6. The number of hydrogen-bond donors (Lipinski definition) is 1. The van der Waals surface area contributed by atoms with Crippen LogP contribution in [0.4, 0.5) is 11.4 Å². The first-order valence-electron chi connectivity index (χ1n) is 6.71. The summed E-state index contributed by atoms with van der Waals surface area (Å²) < 4.78 is 6.25. The molecule has 1 N–H and O–H groups in total. The minimum Gasteiger partial charge on any atom is -0.482 e. The Morgan fingerprint density at radius 1 is 1.23 bits per heavy atom. The highest BCUT2D eigenvalue weighted by Crippen LogP contribution is 2.34. The molecule has 1 aliphatic rings. The summed E-state index contributed by atoms with van der Waals surface area (Å²) in [6.07, 6.45) is 0. The Balaban J connectivity index is 1.77. The van der Waals surface area contributed by atoms with Crippen LogP contribution in [0.2, 0.25) is 0 Å². The first-order valence-corrected chi connectivity index (χ1v) is 7.50. The van der Waals surface area contributed by atoms with Gasteiger partial charge in [-0.3, -0.25) is 14.5 Å². The molecule has 0 aromatic heterocycles. The number of fused-ring (bicyclic) bond motifs is 1. The highest BCUT2D eigenvalue weighted by Gasteiger charge is 2.27. The van der Waals surface area contributed by atoms with Gasteiger partial charge in [-0.2, -0.15) is 0 Å². The molecular weight excluding hydrogens is 348 g/mol. The van der Waals surface area contributed by atoms with Crippen molar-refractivity contribution in [2.75, 3.05) is 23.4 Å². The van der Waals surface area contributed by atoms with Crippen molar-refractivity contribution in [2.24, 2.45) is 0 Å². The molecule has 0 bridgehead atoms. The van der Waals surface area contributed by atoms with Gasteiger partial charge >= 0.3 is 0 Å². The molecule has 0 fully saturated rings. The van der Waals surface area contributed by atoms with Crippen molar-refractivity contribution in [1.29, 1.82) is 0 Å². The molecule has 6 heteroatoms. The van der Waals surface area contributed by atoms with Crippen molar-refractivity contribution in [1.82, 2.24) is 0 Å². The van der Waals surface area contributed by atoms with Crippen molar-refractivity contribution in [3.63, 3.8) is 0 Å². The highest BCUT2D eigenvalue weighted by atomic mass is 79.9. The Kier molecular flexibility index (Phi) is 4.11. The number of amides is 2. The van der Waals surface area contributed by atoms with Gasteiger partial charge in [0.1, 0.15) is 12.3 Å². The lowest BCUT2D eigenvalue weighted by Crippen LogP contribution is -2.43. The number of halogens is 1. The maximum atomic E-state index is 12.1. The van der Waals surface area contributed by atoms with E-state index in [0.29, 0.717) is 17.1 Å². The van der Waals surface area contributed by atoms with Crippen molar-refractivity contribution < 1.29 is 14.3 Å². The lowest BCUT2D eigenvalue weighted by molar-refractivity contribution is -0.123. The van der Waals surface area contributed by atoms with Crippen LogP contribution in [-0.2, 0) is 9.59 Å². The number of nitrogens with one attached hydrogen (secondary N) is 1. The van der Waals surface area contributed by atoms with Gasteiger partial charge in [0.15, 0.2) is 6.61 Å². The average molecular weight is 361 g/mol. The van der Waals surface area contributed by atoms with Crippen LogP contribution in [0.3, 0.4) is 0 Å². The lowest BCUT2D eigenvalue weighted by atomic mass is 10.2. The Labute approximate surface area is 136 Å². The molecule has 5 nitrogen and oxygen atoms in total. The molecule has 2 aromatic rings. The summed E-state index contributed by atoms with van der Waals surface area (Å²) in [5, 5.41) is 2.77. The molecule has 0 spiro atoms. The second-order valence-corrected chi connectivity index (χ2v) is 5.71. The first kappa shape index (κ1) is 14.6. The zero-order chi connectivity index (χ0) is 15.5. The molecule has 2 aromatic carbocycles. The Bertz CT molecular complexity index is 719. The molecule has 0 saturated heterocycles. The first-order chi connectivity index (χ1) is 10.6. The maximum Gasteiger partial charge on any atom is 0.265 e. The quantitative estimate of drug-likeness (QED) is 0.915. The summed E-state index contributed by atoms with van der Waals surface area (Å²) >= 11 is 3.36. The van der Waals surface area contributed by atoms with Crippen LogP contribution in [0.15, 0.2) is 53.0 Å². The third-order valence-corrected chi connectivity index (χ3v) is 3.72. The SMILES string of the molecule is O=C(CN1C(=O)COc2cc(Br)ccc21)Nc1ccccc1. The van der Waals surface area contributed by atoms with E-state index in [1.807, 2.05) is 24.3 Å². The molecule has 22 heavy (non-hydrogen) atoms. The Morgan fingerprint density at radius 2 is 2.00 bits per heavy atom. The van der Waals surface area contributed by atoms with Gasteiger partial charge in [-0.15, -0.1) is 0 Å². The number of hydrogen-bond acceptors (Lipinski definition) is 3. The number of benzene rings is 2. The van der Waals surface area contributed by atoms with E-state index in [-0.39, 0.29) is 25.0 Å². The number of anilines is 2. The van der Waals surface area contributed by atoms with Gasteiger partial charge in [0, 0.05) is 10.2 Å². The Morgan fingerprint density at radius 3 is 2.77 bits per heavy atom. The number of nitrogens with zero attached hydrogens (tertiary/aromatic N) is 1. The minimum absolute atomic E-state index is 0.0499. The van der Waals surface area contributed by atoms with E-state index in [0.717, 1.165) is 4.47 Å². The smallest absolute Gasteiger partial charge is 0.265 e. The van der Waals surface area contributed by atoms with Crippen LogP contribution in [0.5, 0.6) is 5.75 Å². The zero-order valence-electron chi connectivity index (χ0n) is 11.6. The number of para-hydroxylation sites is 1. The summed E-state index contributed by atoms with van der Waals surface area (Å²) in [6, 6.07) is 14.5. The van der Waals surface area contributed by atoms with Crippen molar-refractivity contribution in [2.45, 2.75) is 0 Å². The van der Waals surface area contributed by atoms with Crippen LogP contribution in [0.1, 0.15) is 0 Å². The molecule has 1 heterocycles. The van der Waals surface area contributed by atoms with Gasteiger partial charge in [0.25, 0.3) is 5.91 Å². The van der Waals surface area contributed by atoms with E-state index in [9.17, 15) is 9.59 Å². The van der Waals surface area contributed by atoms with E-state index in [1.165, 1.54) is 4.90 Å². The third kappa shape index (κ3) is 3.12. The van der Waals surface area contributed by atoms with Crippen molar-refractivity contribution >= 4 is 39.1 Å². The van der Waals surface area contributed by atoms with E-state index >= 15 is 0 Å². The van der Waals surface area contributed by atoms with Gasteiger partial charge < -0.3 is 10.1 Å². The predicted octanol–water partition coefficient (Wildman–Crippen LogP) is 2.81. The second-order valence-electron chi connectivity index (χ2n) is 4.79. The van der Waals surface area contributed by atoms with Crippen LogP contribution < -0.4 is 15.0 Å². The largest absolute Gasteiger partial charge is 0.482 e. The minimum atomic E-state index is -0.254.